The van der Waals surface area contributed by atoms with Crippen LogP contribution in [0.5, 0.6) is 0 Å². The molecule has 0 amide bonds. The quantitative estimate of drug-likeness (QED) is 0.216. The van der Waals surface area contributed by atoms with E-state index in [0.29, 0.717) is 0 Å². The second kappa shape index (κ2) is 8.08. The van der Waals surface area contributed by atoms with Crippen molar-refractivity contribution in [1.82, 2.24) is 0 Å². The normalized spacial score (nSPS) is 12.0. The molecule has 0 aliphatic carbocycles. The summed E-state index contributed by atoms with van der Waals surface area (Å²) >= 11 is 0. The zero-order valence-electron chi connectivity index (χ0n) is 21.5. The Morgan fingerprint density at radius 2 is 0.900 bits per heavy atom. The predicted octanol–water partition coefficient (Wildman–Crippen LogP) is 11.1. The highest BCUT2D eigenvalue weighted by atomic mass is 16.3. The van der Waals surface area contributed by atoms with E-state index in [-0.39, 0.29) is 0 Å². The van der Waals surface area contributed by atoms with Crippen LogP contribution in [0.2, 0.25) is 0 Å². The molecule has 0 radical (unpaired) electrons. The van der Waals surface area contributed by atoms with Crippen molar-refractivity contribution < 1.29 is 8.83 Å². The van der Waals surface area contributed by atoms with E-state index in [1.165, 1.54) is 38.2 Å². The van der Waals surface area contributed by atoms with Crippen LogP contribution in [0.25, 0.3) is 87.7 Å². The third-order valence-corrected chi connectivity index (χ3v) is 8.27. The maximum absolute atomic E-state index is 6.51. The Kier molecular flexibility index (Phi) is 4.36. The number of rotatable bonds is 2. The van der Waals surface area contributed by atoms with Gasteiger partial charge in [-0.25, -0.2) is 0 Å². The molecule has 2 aromatic heterocycles. The van der Waals surface area contributed by atoms with E-state index in [1.54, 1.807) is 0 Å². The Morgan fingerprint density at radius 1 is 0.325 bits per heavy atom. The molecule has 2 heteroatoms. The molecule has 7 aromatic carbocycles. The monoisotopic (exact) mass is 510 g/mol. The van der Waals surface area contributed by atoms with E-state index in [2.05, 4.69) is 121 Å². The first-order chi connectivity index (χ1) is 19.9. The maximum Gasteiger partial charge on any atom is 0.147 e. The van der Waals surface area contributed by atoms with Crippen LogP contribution >= 0.6 is 0 Å². The molecule has 0 atom stereocenters. The van der Waals surface area contributed by atoms with E-state index in [0.717, 1.165) is 49.4 Å². The molecule has 0 bridgehead atoms. The second-order valence-corrected chi connectivity index (χ2v) is 10.4. The third kappa shape index (κ3) is 2.88. The lowest BCUT2D eigenvalue weighted by Gasteiger charge is -2.18. The smallest absolute Gasteiger partial charge is 0.147 e. The highest BCUT2D eigenvalue weighted by molar-refractivity contribution is 6.29. The minimum atomic E-state index is 0.837. The zero-order chi connectivity index (χ0) is 26.2. The van der Waals surface area contributed by atoms with Crippen LogP contribution in [0.1, 0.15) is 0 Å². The molecule has 2 nitrogen and oxygen atoms in total. The lowest BCUT2D eigenvalue weighted by molar-refractivity contribution is 0.663. The van der Waals surface area contributed by atoms with Gasteiger partial charge in [-0.15, -0.1) is 0 Å². The summed E-state index contributed by atoms with van der Waals surface area (Å²) in [5, 5.41) is 9.26. The molecule has 0 fully saturated rings. The molecular formula is C38H22O2. The van der Waals surface area contributed by atoms with Crippen molar-refractivity contribution in [3.63, 3.8) is 0 Å². The Hall–Kier alpha value is -5.34. The van der Waals surface area contributed by atoms with Crippen molar-refractivity contribution in [2.45, 2.75) is 0 Å². The van der Waals surface area contributed by atoms with Gasteiger partial charge in [0.25, 0.3) is 0 Å². The standard InChI is InChI=1S/C38H22O2/c1-2-11-23(12-3-1)34-25-14-4-6-16-27(25)35(28-17-7-5-15-26(28)34)30-18-10-20-32-36(30)37-33(39-32)22-21-29-24-13-8-9-19-31(24)40-38(29)37/h1-22H. The van der Waals surface area contributed by atoms with Crippen LogP contribution in [-0.4, -0.2) is 0 Å². The van der Waals surface area contributed by atoms with Crippen molar-refractivity contribution in [1.29, 1.82) is 0 Å². The number of furan rings is 2. The van der Waals surface area contributed by atoms with Crippen LogP contribution < -0.4 is 0 Å². The number of hydrogen-bond acceptors (Lipinski definition) is 2. The fourth-order valence-electron chi connectivity index (χ4n) is 6.63. The van der Waals surface area contributed by atoms with Gasteiger partial charge in [-0.3, -0.25) is 0 Å². The molecule has 0 aliphatic heterocycles. The van der Waals surface area contributed by atoms with Crippen molar-refractivity contribution in [2.75, 3.05) is 0 Å². The van der Waals surface area contributed by atoms with Crippen molar-refractivity contribution in [3.05, 3.63) is 133 Å². The van der Waals surface area contributed by atoms with Crippen molar-refractivity contribution >= 4 is 65.4 Å². The minimum absolute atomic E-state index is 0.837. The maximum atomic E-state index is 6.51. The van der Waals surface area contributed by atoms with Gasteiger partial charge in [0.15, 0.2) is 0 Å². The summed E-state index contributed by atoms with van der Waals surface area (Å²) in [6, 6.07) is 47.1. The Balaban J connectivity index is 1.49. The van der Waals surface area contributed by atoms with Gasteiger partial charge in [-0.1, -0.05) is 109 Å². The van der Waals surface area contributed by atoms with E-state index < -0.39 is 0 Å². The average Bonchev–Trinajstić information content (AvgIpc) is 3.59. The highest BCUT2D eigenvalue weighted by Gasteiger charge is 2.22. The lowest BCUT2D eigenvalue weighted by atomic mass is 9.85. The Morgan fingerprint density at radius 3 is 1.62 bits per heavy atom. The largest absolute Gasteiger partial charge is 0.456 e. The van der Waals surface area contributed by atoms with Crippen LogP contribution in [0, 0.1) is 0 Å². The molecule has 0 N–H and O–H groups in total. The van der Waals surface area contributed by atoms with Gasteiger partial charge in [-0.2, -0.15) is 0 Å². The molecule has 0 saturated heterocycles. The van der Waals surface area contributed by atoms with Gasteiger partial charge in [0.1, 0.15) is 22.3 Å². The topological polar surface area (TPSA) is 26.3 Å². The summed E-state index contributed by atoms with van der Waals surface area (Å²) in [7, 11) is 0. The van der Waals surface area contributed by atoms with Crippen molar-refractivity contribution in [2.24, 2.45) is 0 Å². The Bertz CT molecular complexity index is 2370. The lowest BCUT2D eigenvalue weighted by Crippen LogP contribution is -1.91. The fraction of sp³-hybridized carbons (Fsp3) is 0. The first-order valence-corrected chi connectivity index (χ1v) is 13.6. The minimum Gasteiger partial charge on any atom is -0.456 e. The fourth-order valence-corrected chi connectivity index (χ4v) is 6.63. The molecular weight excluding hydrogens is 488 g/mol. The molecule has 9 rings (SSSR count). The molecule has 9 aromatic rings. The van der Waals surface area contributed by atoms with Gasteiger partial charge in [0.2, 0.25) is 0 Å². The summed E-state index contributed by atoms with van der Waals surface area (Å²) in [5.74, 6) is 0. The summed E-state index contributed by atoms with van der Waals surface area (Å²) in [4.78, 5) is 0. The summed E-state index contributed by atoms with van der Waals surface area (Å²) < 4.78 is 13.0. The molecule has 0 aliphatic rings. The third-order valence-electron chi connectivity index (χ3n) is 8.27. The molecule has 40 heavy (non-hydrogen) atoms. The van der Waals surface area contributed by atoms with Crippen LogP contribution in [0.4, 0.5) is 0 Å². The molecule has 0 spiro atoms. The zero-order valence-corrected chi connectivity index (χ0v) is 21.5. The average molecular weight is 511 g/mol. The summed E-state index contributed by atoms with van der Waals surface area (Å²) in [6.07, 6.45) is 0. The SMILES string of the molecule is c1ccc(-c2c3ccccc3c(-c3cccc4oc5ccc6c7ccccc7oc6c5c34)c3ccccc23)cc1. The number of hydrogen-bond donors (Lipinski definition) is 0. The summed E-state index contributed by atoms with van der Waals surface area (Å²) in [6.45, 7) is 0. The molecule has 0 unspecified atom stereocenters. The number of fused-ring (bicyclic) bond motifs is 9. The summed E-state index contributed by atoms with van der Waals surface area (Å²) in [5.41, 5.74) is 8.31. The van der Waals surface area contributed by atoms with E-state index in [1.807, 2.05) is 12.1 Å². The highest BCUT2D eigenvalue weighted by Crippen LogP contribution is 2.48. The number of para-hydroxylation sites is 1. The van der Waals surface area contributed by atoms with E-state index in [9.17, 15) is 0 Å². The first-order valence-electron chi connectivity index (χ1n) is 13.6. The van der Waals surface area contributed by atoms with Crippen LogP contribution in [-0.2, 0) is 0 Å². The molecule has 0 saturated carbocycles. The number of benzene rings is 7. The molecule has 186 valence electrons. The van der Waals surface area contributed by atoms with Crippen molar-refractivity contribution in [3.8, 4) is 22.3 Å². The predicted molar refractivity (Wildman–Crippen MR) is 167 cm³/mol. The van der Waals surface area contributed by atoms with E-state index in [4.69, 9.17) is 8.83 Å². The van der Waals surface area contributed by atoms with Crippen LogP contribution in [0.15, 0.2) is 142 Å². The van der Waals surface area contributed by atoms with Gasteiger partial charge in [0, 0.05) is 16.2 Å². The molecule has 2 heterocycles. The van der Waals surface area contributed by atoms with Crippen LogP contribution in [0.3, 0.4) is 0 Å². The van der Waals surface area contributed by atoms with Gasteiger partial charge in [-0.05, 0) is 68.1 Å². The van der Waals surface area contributed by atoms with Gasteiger partial charge < -0.3 is 8.83 Å². The van der Waals surface area contributed by atoms with E-state index >= 15 is 0 Å². The second-order valence-electron chi connectivity index (χ2n) is 10.4. The Labute approximate surface area is 229 Å². The van der Waals surface area contributed by atoms with Gasteiger partial charge in [0.05, 0.1) is 5.39 Å². The van der Waals surface area contributed by atoms with Gasteiger partial charge >= 0.3 is 0 Å². The first kappa shape index (κ1) is 21.6.